The Morgan fingerprint density at radius 1 is 1.25 bits per heavy atom. The molecule has 1 rings (SSSR count). The summed E-state index contributed by atoms with van der Waals surface area (Å²) in [6.45, 7) is 7.78. The van der Waals surface area contributed by atoms with Gasteiger partial charge < -0.3 is 9.39 Å². The van der Waals surface area contributed by atoms with Gasteiger partial charge in [-0.3, -0.25) is 0 Å². The van der Waals surface area contributed by atoms with Crippen LogP contribution >= 0.6 is 0 Å². The van der Waals surface area contributed by atoms with Crippen LogP contribution in [0.1, 0.15) is 33.3 Å². The van der Waals surface area contributed by atoms with E-state index < -0.39 is 11.2 Å². The zero-order valence-corrected chi connectivity index (χ0v) is 12.8. The Labute approximate surface area is 121 Å². The predicted molar refractivity (Wildman–Crippen MR) is 78.8 cm³/mol. The van der Waals surface area contributed by atoms with E-state index in [9.17, 15) is 4.39 Å². The fourth-order valence-corrected chi connectivity index (χ4v) is 1.59. The Kier molecular flexibility index (Phi) is 5.32. The highest BCUT2D eigenvalue weighted by Crippen LogP contribution is 2.27. The van der Waals surface area contributed by atoms with Gasteiger partial charge in [0.1, 0.15) is 5.82 Å². The molecule has 1 aromatic rings. The number of benzene rings is 1. The molecule has 1 aromatic carbocycles. The van der Waals surface area contributed by atoms with E-state index in [1.54, 1.807) is 19.2 Å². The lowest BCUT2D eigenvalue weighted by Crippen LogP contribution is -2.50. The third-order valence-electron chi connectivity index (χ3n) is 3.95. The fraction of sp³-hybridized carbons (Fsp3) is 0.533. The Balaban J connectivity index is 2.76. The van der Waals surface area contributed by atoms with E-state index in [-0.39, 0.29) is 12.2 Å². The molecule has 3 nitrogen and oxygen atoms in total. The van der Waals surface area contributed by atoms with Crippen molar-refractivity contribution in [2.45, 2.75) is 45.3 Å². The molecule has 0 aliphatic heterocycles. The Morgan fingerprint density at radius 3 is 2.40 bits per heavy atom. The third kappa shape index (κ3) is 3.81. The third-order valence-corrected chi connectivity index (χ3v) is 3.95. The van der Waals surface area contributed by atoms with Crippen LogP contribution in [0.3, 0.4) is 0 Å². The number of methoxy groups -OCH3 is 1. The van der Waals surface area contributed by atoms with Crippen molar-refractivity contribution in [1.82, 2.24) is 0 Å². The van der Waals surface area contributed by atoms with Crippen LogP contribution in [0, 0.1) is 17.1 Å². The molecule has 0 spiro atoms. The molecule has 0 bridgehead atoms. The SMILES string of the molecule is COC(C)(C)C(C)(C)OBc1ccc(CC#N)c(F)c1. The van der Waals surface area contributed by atoms with Crippen LogP contribution < -0.4 is 5.46 Å². The summed E-state index contributed by atoms with van der Waals surface area (Å²) < 4.78 is 25.0. The van der Waals surface area contributed by atoms with E-state index in [2.05, 4.69) is 0 Å². The molecule has 0 heterocycles. The summed E-state index contributed by atoms with van der Waals surface area (Å²) in [6.07, 6.45) is 0.0785. The molecule has 0 saturated heterocycles. The highest BCUT2D eigenvalue weighted by Gasteiger charge is 2.37. The van der Waals surface area contributed by atoms with E-state index in [4.69, 9.17) is 14.7 Å². The second kappa shape index (κ2) is 6.38. The maximum atomic E-state index is 13.7. The smallest absolute Gasteiger partial charge is 0.309 e. The van der Waals surface area contributed by atoms with E-state index in [1.807, 2.05) is 33.8 Å². The van der Waals surface area contributed by atoms with Crippen LogP contribution in [0.2, 0.25) is 0 Å². The van der Waals surface area contributed by atoms with Crippen molar-refractivity contribution in [2.75, 3.05) is 7.11 Å². The van der Waals surface area contributed by atoms with Crippen molar-refractivity contribution >= 4 is 12.9 Å². The number of halogens is 1. The lowest BCUT2D eigenvalue weighted by atomic mass is 9.82. The molecule has 5 heteroatoms. The monoisotopic (exact) mass is 277 g/mol. The van der Waals surface area contributed by atoms with Gasteiger partial charge in [-0.15, -0.1) is 0 Å². The lowest BCUT2D eigenvalue weighted by Gasteiger charge is -2.40. The van der Waals surface area contributed by atoms with Gasteiger partial charge in [-0.25, -0.2) is 4.39 Å². The standard InChI is InChI=1S/C15H21BFNO2/c1-14(2,19-5)15(3,4)20-16-12-7-6-11(8-9-18)13(17)10-12/h6-7,10,16H,8H2,1-5H3. The van der Waals surface area contributed by atoms with Crippen LogP contribution in [0.25, 0.3) is 0 Å². The van der Waals surface area contributed by atoms with Gasteiger partial charge in [0.25, 0.3) is 0 Å². The Morgan fingerprint density at radius 2 is 1.90 bits per heavy atom. The summed E-state index contributed by atoms with van der Waals surface area (Å²) in [7, 11) is 1.94. The van der Waals surface area contributed by atoms with Crippen molar-refractivity contribution in [1.29, 1.82) is 5.26 Å². The molecule has 0 aliphatic carbocycles. The van der Waals surface area contributed by atoms with Crippen molar-refractivity contribution in [2.24, 2.45) is 0 Å². The van der Waals surface area contributed by atoms with E-state index in [1.165, 1.54) is 6.07 Å². The lowest BCUT2D eigenvalue weighted by molar-refractivity contribution is -0.114. The zero-order chi connectivity index (χ0) is 15.4. The van der Waals surface area contributed by atoms with Crippen LogP contribution in [0.5, 0.6) is 0 Å². The second-order valence-electron chi connectivity index (χ2n) is 5.77. The van der Waals surface area contributed by atoms with Gasteiger partial charge in [-0.05, 0) is 39.2 Å². The molecule has 0 aliphatic rings. The number of nitrogens with zero attached hydrogens (tertiary/aromatic N) is 1. The van der Waals surface area contributed by atoms with Gasteiger partial charge in [0.15, 0.2) is 0 Å². The molecule has 0 radical (unpaired) electrons. The Hall–Kier alpha value is -1.38. The maximum Gasteiger partial charge on any atom is 0.309 e. The van der Waals surface area contributed by atoms with Gasteiger partial charge in [0.05, 0.1) is 23.7 Å². The average Bonchev–Trinajstić information content (AvgIpc) is 2.39. The molecule has 108 valence electrons. The average molecular weight is 277 g/mol. The molecular formula is C15H21BFNO2. The van der Waals surface area contributed by atoms with Crippen molar-refractivity contribution in [3.63, 3.8) is 0 Å². The summed E-state index contributed by atoms with van der Waals surface area (Å²) >= 11 is 0. The van der Waals surface area contributed by atoms with Gasteiger partial charge in [0, 0.05) is 12.7 Å². The number of ether oxygens (including phenoxy) is 1. The summed E-state index contributed by atoms with van der Waals surface area (Å²) in [6, 6.07) is 6.77. The molecule has 0 fully saturated rings. The topological polar surface area (TPSA) is 42.2 Å². The number of hydrogen-bond donors (Lipinski definition) is 0. The van der Waals surface area contributed by atoms with Crippen LogP contribution in [-0.2, 0) is 15.8 Å². The van der Waals surface area contributed by atoms with Gasteiger partial charge >= 0.3 is 7.48 Å². The number of rotatable bonds is 6. The minimum atomic E-state index is -0.510. The molecule has 20 heavy (non-hydrogen) atoms. The molecule has 0 unspecified atom stereocenters. The summed E-state index contributed by atoms with van der Waals surface area (Å²) in [5.74, 6) is -0.364. The highest BCUT2D eigenvalue weighted by atomic mass is 19.1. The fourth-order valence-electron chi connectivity index (χ4n) is 1.59. The first kappa shape index (κ1) is 16.7. The van der Waals surface area contributed by atoms with E-state index >= 15 is 0 Å². The first-order chi connectivity index (χ1) is 9.23. The predicted octanol–water partition coefficient (Wildman–Crippen LogP) is 2.09. The molecule has 0 atom stereocenters. The van der Waals surface area contributed by atoms with Crippen molar-refractivity contribution < 1.29 is 13.8 Å². The van der Waals surface area contributed by atoms with Crippen molar-refractivity contribution in [3.8, 4) is 6.07 Å². The first-order valence-electron chi connectivity index (χ1n) is 6.57. The molecule has 0 saturated carbocycles. The van der Waals surface area contributed by atoms with Crippen molar-refractivity contribution in [3.05, 3.63) is 29.6 Å². The van der Waals surface area contributed by atoms with Crippen LogP contribution in [0.15, 0.2) is 18.2 Å². The number of nitriles is 1. The first-order valence-corrected chi connectivity index (χ1v) is 6.57. The Bertz CT molecular complexity index is 509. The van der Waals surface area contributed by atoms with Gasteiger partial charge in [-0.1, -0.05) is 12.1 Å². The highest BCUT2D eigenvalue weighted by molar-refractivity contribution is 6.47. The van der Waals surface area contributed by atoms with Gasteiger partial charge in [-0.2, -0.15) is 5.26 Å². The van der Waals surface area contributed by atoms with Gasteiger partial charge in [0.2, 0.25) is 0 Å². The zero-order valence-electron chi connectivity index (χ0n) is 12.8. The van der Waals surface area contributed by atoms with Crippen LogP contribution in [0.4, 0.5) is 4.39 Å². The maximum absolute atomic E-state index is 13.7. The quantitative estimate of drug-likeness (QED) is 0.748. The molecule has 0 aromatic heterocycles. The summed E-state index contributed by atoms with van der Waals surface area (Å²) in [5, 5.41) is 8.58. The van der Waals surface area contributed by atoms with E-state index in [0.29, 0.717) is 13.0 Å². The van der Waals surface area contributed by atoms with Crippen LogP contribution in [-0.4, -0.2) is 25.8 Å². The summed E-state index contributed by atoms with van der Waals surface area (Å²) in [5.41, 5.74) is 0.187. The number of hydrogen-bond acceptors (Lipinski definition) is 3. The largest absolute Gasteiger partial charge is 0.427 e. The summed E-state index contributed by atoms with van der Waals surface area (Å²) in [4.78, 5) is 0. The molecule has 0 N–H and O–H groups in total. The minimum Gasteiger partial charge on any atom is -0.427 e. The minimum absolute atomic E-state index is 0.0785. The normalized spacial score (nSPS) is 12.1. The van der Waals surface area contributed by atoms with E-state index in [0.717, 1.165) is 5.46 Å². The molecule has 0 amide bonds. The second-order valence-corrected chi connectivity index (χ2v) is 5.77. The molecular weight excluding hydrogens is 256 g/mol.